The van der Waals surface area contributed by atoms with Crippen LogP contribution in [0.4, 0.5) is 0 Å². The molecule has 2 heteroatoms. The van der Waals surface area contributed by atoms with Crippen molar-refractivity contribution >= 4 is 0 Å². The van der Waals surface area contributed by atoms with Gasteiger partial charge in [-0.25, -0.2) is 0 Å². The first kappa shape index (κ1) is 11.1. The van der Waals surface area contributed by atoms with Crippen molar-refractivity contribution in [2.45, 2.75) is 31.8 Å². The lowest BCUT2D eigenvalue weighted by Gasteiger charge is -2.19. The number of fused-ring (bicyclic) bond motifs is 1. The molecular formula is C15H20O2. The van der Waals surface area contributed by atoms with Crippen molar-refractivity contribution in [3.05, 3.63) is 29.8 Å². The highest BCUT2D eigenvalue weighted by Gasteiger charge is 2.47. The molecule has 92 valence electrons. The highest BCUT2D eigenvalue weighted by molar-refractivity contribution is 5.28. The van der Waals surface area contributed by atoms with Gasteiger partial charge in [-0.2, -0.15) is 0 Å². The zero-order valence-corrected chi connectivity index (χ0v) is 10.3. The van der Waals surface area contributed by atoms with Gasteiger partial charge in [-0.1, -0.05) is 12.1 Å². The normalized spacial score (nSPS) is 32.0. The Balaban J connectivity index is 1.61. The molecule has 0 aliphatic heterocycles. The van der Waals surface area contributed by atoms with Crippen molar-refractivity contribution in [2.75, 3.05) is 7.11 Å². The van der Waals surface area contributed by atoms with Crippen molar-refractivity contribution in [2.24, 2.45) is 17.8 Å². The second kappa shape index (κ2) is 4.34. The van der Waals surface area contributed by atoms with Gasteiger partial charge in [0.05, 0.1) is 13.2 Å². The van der Waals surface area contributed by atoms with Gasteiger partial charge in [0.25, 0.3) is 0 Å². The fourth-order valence-electron chi connectivity index (χ4n) is 3.28. The van der Waals surface area contributed by atoms with Crippen LogP contribution in [0.5, 0.6) is 5.75 Å². The predicted octanol–water partition coefficient (Wildman–Crippen LogP) is 2.64. The molecule has 0 saturated heterocycles. The Morgan fingerprint density at radius 1 is 1.29 bits per heavy atom. The fourth-order valence-corrected chi connectivity index (χ4v) is 3.28. The summed E-state index contributed by atoms with van der Waals surface area (Å²) in [5.74, 6) is 3.30. The van der Waals surface area contributed by atoms with Gasteiger partial charge >= 0.3 is 0 Å². The first-order valence-electron chi connectivity index (χ1n) is 6.57. The number of hydrogen-bond donors (Lipinski definition) is 1. The highest BCUT2D eigenvalue weighted by atomic mass is 16.5. The Bertz CT molecular complexity index is 392. The third-order valence-corrected chi connectivity index (χ3v) is 4.40. The summed E-state index contributed by atoms with van der Waals surface area (Å²) in [6.07, 6.45) is 4.50. The van der Waals surface area contributed by atoms with E-state index in [-0.39, 0.29) is 6.10 Å². The fraction of sp³-hybridized carbons (Fsp3) is 0.600. The number of rotatable bonds is 4. The molecule has 3 rings (SSSR count). The minimum atomic E-state index is -0.171. The van der Waals surface area contributed by atoms with Gasteiger partial charge in [0, 0.05) is 0 Å². The van der Waals surface area contributed by atoms with Gasteiger partial charge in [0.2, 0.25) is 0 Å². The van der Waals surface area contributed by atoms with Gasteiger partial charge in [-0.15, -0.1) is 0 Å². The molecule has 1 aromatic carbocycles. The quantitative estimate of drug-likeness (QED) is 0.864. The van der Waals surface area contributed by atoms with Crippen molar-refractivity contribution in [3.63, 3.8) is 0 Å². The van der Waals surface area contributed by atoms with Crippen LogP contribution in [0.15, 0.2) is 24.3 Å². The summed E-state index contributed by atoms with van der Waals surface area (Å²) in [5.41, 5.74) is 1.18. The summed E-state index contributed by atoms with van der Waals surface area (Å²) < 4.78 is 5.20. The van der Waals surface area contributed by atoms with Gasteiger partial charge in [-0.05, 0) is 61.1 Å². The molecule has 3 unspecified atom stereocenters. The van der Waals surface area contributed by atoms with Crippen LogP contribution >= 0.6 is 0 Å². The number of aliphatic hydroxyl groups excluding tert-OH is 1. The van der Waals surface area contributed by atoms with Crippen molar-refractivity contribution < 1.29 is 9.84 Å². The van der Waals surface area contributed by atoms with Crippen molar-refractivity contribution in [1.82, 2.24) is 0 Å². The molecule has 0 aromatic heterocycles. The third-order valence-electron chi connectivity index (χ3n) is 4.40. The molecule has 0 amide bonds. The van der Waals surface area contributed by atoms with E-state index >= 15 is 0 Å². The van der Waals surface area contributed by atoms with Crippen LogP contribution < -0.4 is 4.74 Å². The maximum absolute atomic E-state index is 10.3. The van der Waals surface area contributed by atoms with Gasteiger partial charge in [0.15, 0.2) is 0 Å². The number of aliphatic hydroxyl groups is 1. The first-order chi connectivity index (χ1) is 8.26. The summed E-state index contributed by atoms with van der Waals surface area (Å²) in [6, 6.07) is 8.04. The monoisotopic (exact) mass is 232 g/mol. The predicted molar refractivity (Wildman–Crippen MR) is 67.0 cm³/mol. The smallest absolute Gasteiger partial charge is 0.119 e. The van der Waals surface area contributed by atoms with E-state index in [9.17, 15) is 5.11 Å². The topological polar surface area (TPSA) is 29.5 Å². The van der Waals surface area contributed by atoms with Crippen LogP contribution in [0.25, 0.3) is 0 Å². The van der Waals surface area contributed by atoms with E-state index in [1.54, 1.807) is 7.11 Å². The lowest BCUT2D eigenvalue weighted by atomic mass is 9.92. The van der Waals surface area contributed by atoms with Crippen LogP contribution in [0.3, 0.4) is 0 Å². The summed E-state index contributed by atoms with van der Waals surface area (Å²) in [5, 5.41) is 10.3. The molecule has 2 aliphatic rings. The minimum absolute atomic E-state index is 0.171. The van der Waals surface area contributed by atoms with E-state index in [0.717, 1.165) is 24.0 Å². The highest BCUT2D eigenvalue weighted by Crippen LogP contribution is 2.55. The van der Waals surface area contributed by atoms with Crippen LogP contribution in [0.1, 0.15) is 24.8 Å². The molecule has 0 spiro atoms. The van der Waals surface area contributed by atoms with Crippen LogP contribution in [-0.4, -0.2) is 18.3 Å². The second-order valence-corrected chi connectivity index (χ2v) is 5.61. The molecule has 0 bridgehead atoms. The van der Waals surface area contributed by atoms with Gasteiger partial charge in [-0.3, -0.25) is 0 Å². The summed E-state index contributed by atoms with van der Waals surface area (Å²) in [7, 11) is 1.68. The molecule has 2 aliphatic carbocycles. The van der Waals surface area contributed by atoms with E-state index in [2.05, 4.69) is 6.07 Å². The summed E-state index contributed by atoms with van der Waals surface area (Å²) >= 11 is 0. The molecule has 1 aromatic rings. The number of ether oxygens (including phenoxy) is 1. The SMILES string of the molecule is COc1cccc(CC(O)C2CC3CC3C2)c1. The molecule has 1 N–H and O–H groups in total. The van der Waals surface area contributed by atoms with E-state index in [4.69, 9.17) is 4.74 Å². The Morgan fingerprint density at radius 3 is 2.76 bits per heavy atom. The van der Waals surface area contributed by atoms with Crippen LogP contribution in [0.2, 0.25) is 0 Å². The molecule has 0 radical (unpaired) electrons. The van der Waals surface area contributed by atoms with Gasteiger partial charge in [0.1, 0.15) is 5.75 Å². The standard InChI is InChI=1S/C15H20O2/c1-17-14-4-2-3-10(5-14)6-15(16)13-8-11-7-12(11)9-13/h2-5,11-13,15-16H,6-9H2,1H3. The van der Waals surface area contributed by atoms with Crippen molar-refractivity contribution in [1.29, 1.82) is 0 Å². The summed E-state index contributed by atoms with van der Waals surface area (Å²) in [4.78, 5) is 0. The maximum atomic E-state index is 10.3. The van der Waals surface area contributed by atoms with E-state index < -0.39 is 0 Å². The lowest BCUT2D eigenvalue weighted by molar-refractivity contribution is 0.104. The molecule has 0 heterocycles. The van der Waals surface area contributed by atoms with Crippen LogP contribution in [0, 0.1) is 17.8 Å². The van der Waals surface area contributed by atoms with E-state index in [1.165, 1.54) is 24.8 Å². The first-order valence-corrected chi connectivity index (χ1v) is 6.57. The number of hydrogen-bond acceptors (Lipinski definition) is 2. The van der Waals surface area contributed by atoms with E-state index in [1.807, 2.05) is 18.2 Å². The molecular weight excluding hydrogens is 212 g/mol. The van der Waals surface area contributed by atoms with Crippen LogP contribution in [-0.2, 0) is 6.42 Å². The molecule has 2 fully saturated rings. The molecule has 3 atom stereocenters. The zero-order valence-electron chi connectivity index (χ0n) is 10.3. The van der Waals surface area contributed by atoms with E-state index in [0.29, 0.717) is 5.92 Å². The summed E-state index contributed by atoms with van der Waals surface area (Å²) in [6.45, 7) is 0. The average molecular weight is 232 g/mol. The lowest BCUT2D eigenvalue weighted by Crippen LogP contribution is -2.21. The Kier molecular flexibility index (Phi) is 2.83. The minimum Gasteiger partial charge on any atom is -0.497 e. The third kappa shape index (κ3) is 2.32. The molecule has 17 heavy (non-hydrogen) atoms. The van der Waals surface area contributed by atoms with Crippen molar-refractivity contribution in [3.8, 4) is 5.75 Å². The second-order valence-electron chi connectivity index (χ2n) is 5.61. The largest absolute Gasteiger partial charge is 0.497 e. The molecule has 2 nitrogen and oxygen atoms in total. The number of benzene rings is 1. The maximum Gasteiger partial charge on any atom is 0.119 e. The van der Waals surface area contributed by atoms with Gasteiger partial charge < -0.3 is 9.84 Å². The Hall–Kier alpha value is -1.02. The zero-order chi connectivity index (χ0) is 11.8. The average Bonchev–Trinajstić information content (AvgIpc) is 2.96. The molecule has 2 saturated carbocycles. The number of methoxy groups -OCH3 is 1. The Labute approximate surface area is 103 Å². The Morgan fingerprint density at radius 2 is 2.06 bits per heavy atom.